The lowest BCUT2D eigenvalue weighted by Gasteiger charge is -2.15. The molecule has 0 spiro atoms. The Hall–Kier alpha value is 0.1000. The summed E-state index contributed by atoms with van der Waals surface area (Å²) in [7, 11) is 0. The van der Waals surface area contributed by atoms with Gasteiger partial charge in [0.15, 0.2) is 0 Å². The van der Waals surface area contributed by atoms with Crippen molar-refractivity contribution in [2.45, 2.75) is 38.3 Å². The number of hydrogen-bond acceptors (Lipinski definition) is 3. The molecule has 1 fully saturated rings. The monoisotopic (exact) mass is 289 g/mol. The van der Waals surface area contributed by atoms with Gasteiger partial charge in [-0.25, -0.2) is 0 Å². The van der Waals surface area contributed by atoms with E-state index in [1.165, 1.54) is 16.2 Å². The number of rotatable bonds is 3. The zero-order chi connectivity index (χ0) is 10.8. The minimum Gasteiger partial charge on any atom is -0.378 e. The van der Waals surface area contributed by atoms with Crippen LogP contribution in [0, 0.1) is 6.92 Å². The van der Waals surface area contributed by atoms with Crippen LogP contribution >= 0.6 is 27.3 Å². The van der Waals surface area contributed by atoms with Gasteiger partial charge in [-0.3, -0.25) is 0 Å². The van der Waals surface area contributed by atoms with Crippen LogP contribution in [0.4, 0.5) is 0 Å². The maximum Gasteiger partial charge on any atom is 0.0594 e. The van der Waals surface area contributed by atoms with E-state index in [-0.39, 0.29) is 6.04 Å². The molecular weight excluding hydrogens is 274 g/mol. The third kappa shape index (κ3) is 2.81. The molecule has 15 heavy (non-hydrogen) atoms. The van der Waals surface area contributed by atoms with Crippen molar-refractivity contribution in [1.29, 1.82) is 0 Å². The molecule has 0 radical (unpaired) electrons. The molecule has 84 valence electrons. The highest BCUT2D eigenvalue weighted by molar-refractivity contribution is 9.10. The molecule has 1 aromatic rings. The number of nitrogens with two attached hydrogens (primary N) is 1. The van der Waals surface area contributed by atoms with Gasteiger partial charge >= 0.3 is 0 Å². The Bertz CT molecular complexity index is 333. The first-order valence-corrected chi connectivity index (χ1v) is 6.91. The Morgan fingerprint density at radius 1 is 1.73 bits per heavy atom. The topological polar surface area (TPSA) is 35.2 Å². The van der Waals surface area contributed by atoms with Crippen LogP contribution in [0.5, 0.6) is 0 Å². The zero-order valence-corrected chi connectivity index (χ0v) is 11.2. The van der Waals surface area contributed by atoms with E-state index in [1.54, 1.807) is 11.3 Å². The lowest BCUT2D eigenvalue weighted by atomic mass is 10.1. The Morgan fingerprint density at radius 2 is 2.53 bits per heavy atom. The van der Waals surface area contributed by atoms with Crippen molar-refractivity contribution >= 4 is 27.3 Å². The minimum absolute atomic E-state index is 0.112. The van der Waals surface area contributed by atoms with Gasteiger partial charge < -0.3 is 10.5 Å². The van der Waals surface area contributed by atoms with E-state index in [2.05, 4.69) is 28.9 Å². The summed E-state index contributed by atoms with van der Waals surface area (Å²) in [5, 5.41) is 0. The van der Waals surface area contributed by atoms with Crippen LogP contribution in [0.1, 0.15) is 35.1 Å². The van der Waals surface area contributed by atoms with Crippen molar-refractivity contribution in [1.82, 2.24) is 0 Å². The molecule has 0 amide bonds. The first kappa shape index (κ1) is 11.6. The molecule has 2 heterocycles. The van der Waals surface area contributed by atoms with Crippen LogP contribution in [0.2, 0.25) is 0 Å². The van der Waals surface area contributed by atoms with Crippen LogP contribution < -0.4 is 5.73 Å². The molecule has 4 heteroatoms. The molecule has 0 saturated carbocycles. The summed E-state index contributed by atoms with van der Waals surface area (Å²) in [5.41, 5.74) is 6.19. The molecule has 0 aromatic carbocycles. The van der Waals surface area contributed by atoms with Crippen molar-refractivity contribution in [2.24, 2.45) is 5.73 Å². The first-order chi connectivity index (χ1) is 7.16. The predicted octanol–water partition coefficient (Wildman–Crippen LogP) is 3.39. The van der Waals surface area contributed by atoms with Crippen molar-refractivity contribution in [2.75, 3.05) is 6.61 Å². The second kappa shape index (κ2) is 4.95. The summed E-state index contributed by atoms with van der Waals surface area (Å²) < 4.78 is 6.75. The summed E-state index contributed by atoms with van der Waals surface area (Å²) in [5.74, 6) is 0. The summed E-state index contributed by atoms with van der Waals surface area (Å²) >= 11 is 5.34. The number of halogens is 1. The van der Waals surface area contributed by atoms with Gasteiger partial charge in [-0.15, -0.1) is 11.3 Å². The third-order valence-electron chi connectivity index (χ3n) is 2.71. The maximum absolute atomic E-state index is 6.19. The van der Waals surface area contributed by atoms with Crippen LogP contribution in [-0.4, -0.2) is 12.7 Å². The summed E-state index contributed by atoms with van der Waals surface area (Å²) in [6.45, 7) is 3.01. The molecule has 2 nitrogen and oxygen atoms in total. The minimum atomic E-state index is 0.112. The Labute approximate surface area is 103 Å². The number of ether oxygens (including phenoxy) is 1. The van der Waals surface area contributed by atoms with Gasteiger partial charge in [0.2, 0.25) is 0 Å². The second-order valence-corrected chi connectivity index (χ2v) is 6.19. The van der Waals surface area contributed by atoms with Gasteiger partial charge in [0, 0.05) is 26.9 Å². The smallest absolute Gasteiger partial charge is 0.0594 e. The Kier molecular flexibility index (Phi) is 3.83. The normalized spacial score (nSPS) is 23.3. The molecular formula is C11H16BrNOS. The van der Waals surface area contributed by atoms with Gasteiger partial charge in [-0.1, -0.05) is 0 Å². The van der Waals surface area contributed by atoms with E-state index < -0.39 is 0 Å². The molecule has 1 aliphatic rings. The lowest BCUT2D eigenvalue weighted by Crippen LogP contribution is -2.17. The summed E-state index contributed by atoms with van der Waals surface area (Å²) in [4.78, 5) is 2.56. The average Bonchev–Trinajstić information content (AvgIpc) is 2.75. The number of thiophene rings is 1. The summed E-state index contributed by atoms with van der Waals surface area (Å²) in [6, 6.07) is 2.25. The van der Waals surface area contributed by atoms with Crippen LogP contribution in [0.25, 0.3) is 0 Å². The van der Waals surface area contributed by atoms with Crippen molar-refractivity contribution in [3.63, 3.8) is 0 Å². The fourth-order valence-corrected chi connectivity index (χ4v) is 3.93. The Balaban J connectivity index is 2.00. The SMILES string of the molecule is Cc1cc(Br)c(C(N)CC2CCCO2)s1. The van der Waals surface area contributed by atoms with E-state index in [1.807, 2.05) is 0 Å². The summed E-state index contributed by atoms with van der Waals surface area (Å²) in [6.07, 6.45) is 3.66. The highest BCUT2D eigenvalue weighted by Crippen LogP contribution is 2.34. The van der Waals surface area contributed by atoms with Crippen LogP contribution in [0.15, 0.2) is 10.5 Å². The predicted molar refractivity (Wildman–Crippen MR) is 67.3 cm³/mol. The second-order valence-electron chi connectivity index (χ2n) is 4.05. The van der Waals surface area contributed by atoms with Crippen molar-refractivity contribution in [3.8, 4) is 0 Å². The highest BCUT2D eigenvalue weighted by atomic mass is 79.9. The Morgan fingerprint density at radius 3 is 3.07 bits per heavy atom. The van der Waals surface area contributed by atoms with Gasteiger partial charge in [-0.2, -0.15) is 0 Å². The van der Waals surface area contributed by atoms with E-state index >= 15 is 0 Å². The molecule has 2 atom stereocenters. The zero-order valence-electron chi connectivity index (χ0n) is 8.83. The van der Waals surface area contributed by atoms with Gasteiger partial charge in [-0.05, 0) is 48.2 Å². The maximum atomic E-state index is 6.19. The molecule has 2 unspecified atom stereocenters. The molecule has 2 N–H and O–H groups in total. The van der Waals surface area contributed by atoms with Gasteiger partial charge in [0.05, 0.1) is 6.10 Å². The highest BCUT2D eigenvalue weighted by Gasteiger charge is 2.21. The molecule has 1 aromatic heterocycles. The van der Waals surface area contributed by atoms with E-state index in [4.69, 9.17) is 10.5 Å². The molecule has 0 aliphatic carbocycles. The van der Waals surface area contributed by atoms with Crippen molar-refractivity contribution in [3.05, 3.63) is 20.3 Å². The fraction of sp³-hybridized carbons (Fsp3) is 0.636. The molecule has 1 aliphatic heterocycles. The first-order valence-electron chi connectivity index (χ1n) is 5.30. The standard InChI is InChI=1S/C11H16BrNOS/c1-7-5-9(12)11(15-7)10(13)6-8-3-2-4-14-8/h5,8,10H,2-4,6,13H2,1H3. The third-order valence-corrected chi connectivity index (χ3v) is 4.81. The van der Waals surface area contributed by atoms with Gasteiger partial charge in [0.25, 0.3) is 0 Å². The van der Waals surface area contributed by atoms with E-state index in [0.717, 1.165) is 23.9 Å². The van der Waals surface area contributed by atoms with Crippen LogP contribution in [0.3, 0.4) is 0 Å². The number of aryl methyl sites for hydroxylation is 1. The molecule has 2 rings (SSSR count). The van der Waals surface area contributed by atoms with E-state index in [9.17, 15) is 0 Å². The fourth-order valence-electron chi connectivity index (χ4n) is 1.97. The lowest BCUT2D eigenvalue weighted by molar-refractivity contribution is 0.0986. The quantitative estimate of drug-likeness (QED) is 0.926. The number of hydrogen-bond donors (Lipinski definition) is 1. The average molecular weight is 290 g/mol. The molecule has 0 bridgehead atoms. The molecule has 1 saturated heterocycles. The van der Waals surface area contributed by atoms with Crippen LogP contribution in [-0.2, 0) is 4.74 Å². The van der Waals surface area contributed by atoms with E-state index in [0.29, 0.717) is 6.10 Å². The largest absolute Gasteiger partial charge is 0.378 e. The van der Waals surface area contributed by atoms with Gasteiger partial charge in [0.1, 0.15) is 0 Å². The van der Waals surface area contributed by atoms with Crippen molar-refractivity contribution < 1.29 is 4.74 Å².